The zero-order valence-corrected chi connectivity index (χ0v) is 15.9. The fourth-order valence-corrected chi connectivity index (χ4v) is 5.20. The summed E-state index contributed by atoms with van der Waals surface area (Å²) in [6, 6.07) is 6.83. The van der Waals surface area contributed by atoms with Crippen LogP contribution in [0.4, 0.5) is 9.18 Å². The van der Waals surface area contributed by atoms with Crippen LogP contribution in [-0.2, 0) is 11.3 Å². The lowest BCUT2D eigenvalue weighted by Gasteiger charge is -2.21. The van der Waals surface area contributed by atoms with Crippen molar-refractivity contribution in [2.24, 2.45) is 0 Å². The topological polar surface area (TPSA) is 61.4 Å². The van der Waals surface area contributed by atoms with Crippen LogP contribution in [0.15, 0.2) is 24.3 Å². The van der Waals surface area contributed by atoms with Crippen molar-refractivity contribution in [3.8, 4) is 0 Å². The van der Waals surface area contributed by atoms with Crippen LogP contribution < -0.4 is 10.6 Å². The number of nitrogens with one attached hydrogen (secondary N) is 2. The van der Waals surface area contributed by atoms with Crippen molar-refractivity contribution < 1.29 is 14.0 Å². The summed E-state index contributed by atoms with van der Waals surface area (Å²) in [4.78, 5) is 25.6. The molecule has 0 radical (unpaired) electrons. The SMILES string of the molecule is CCN(Cc1cccc(F)c1)C(=O)CCCC[C@@H]1SC[C@@H]2NC(=O)N[C@@H]21. The fraction of sp³-hybridized carbons (Fsp3) is 0.579. The van der Waals surface area contributed by atoms with E-state index in [0.29, 0.717) is 24.8 Å². The molecular formula is C19H26FN3O2S. The maximum absolute atomic E-state index is 13.3. The Bertz CT molecular complexity index is 657. The number of fused-ring (bicyclic) bond motifs is 1. The Morgan fingerprint density at radius 1 is 1.35 bits per heavy atom. The molecule has 3 rings (SSSR count). The summed E-state index contributed by atoms with van der Waals surface area (Å²) in [7, 11) is 0. The van der Waals surface area contributed by atoms with Crippen molar-refractivity contribution >= 4 is 23.7 Å². The van der Waals surface area contributed by atoms with Crippen molar-refractivity contribution in [3.63, 3.8) is 0 Å². The number of rotatable bonds is 8. The zero-order valence-electron chi connectivity index (χ0n) is 15.0. The van der Waals surface area contributed by atoms with Crippen molar-refractivity contribution in [2.45, 2.75) is 56.5 Å². The van der Waals surface area contributed by atoms with Gasteiger partial charge in [-0.3, -0.25) is 4.79 Å². The molecule has 3 atom stereocenters. The molecule has 26 heavy (non-hydrogen) atoms. The summed E-state index contributed by atoms with van der Waals surface area (Å²) in [5.41, 5.74) is 0.818. The quantitative estimate of drug-likeness (QED) is 0.539. The third-order valence-electron chi connectivity index (χ3n) is 5.06. The molecule has 1 aromatic rings. The molecule has 2 aliphatic heterocycles. The zero-order chi connectivity index (χ0) is 18.5. The second-order valence-electron chi connectivity index (χ2n) is 6.91. The summed E-state index contributed by atoms with van der Waals surface area (Å²) >= 11 is 1.90. The van der Waals surface area contributed by atoms with Gasteiger partial charge in [0.1, 0.15) is 5.82 Å². The van der Waals surface area contributed by atoms with Gasteiger partial charge in [-0.2, -0.15) is 11.8 Å². The first-order valence-corrected chi connectivity index (χ1v) is 10.3. The Morgan fingerprint density at radius 3 is 2.96 bits per heavy atom. The van der Waals surface area contributed by atoms with E-state index in [-0.39, 0.29) is 29.8 Å². The van der Waals surface area contributed by atoms with E-state index < -0.39 is 0 Å². The molecule has 0 spiro atoms. The molecule has 3 amide bonds. The molecular weight excluding hydrogens is 353 g/mol. The maximum Gasteiger partial charge on any atom is 0.315 e. The Labute approximate surface area is 158 Å². The van der Waals surface area contributed by atoms with Crippen molar-refractivity contribution in [1.29, 1.82) is 0 Å². The average molecular weight is 380 g/mol. The number of unbranched alkanes of at least 4 members (excludes halogenated alkanes) is 1. The monoisotopic (exact) mass is 379 g/mol. The number of nitrogens with zero attached hydrogens (tertiary/aromatic N) is 1. The normalized spacial score (nSPS) is 24.1. The summed E-state index contributed by atoms with van der Waals surface area (Å²) in [6.45, 7) is 3.02. The lowest BCUT2D eigenvalue weighted by molar-refractivity contribution is -0.131. The molecule has 2 heterocycles. The van der Waals surface area contributed by atoms with Crippen LogP contribution in [0.5, 0.6) is 0 Å². The van der Waals surface area contributed by atoms with E-state index in [2.05, 4.69) is 10.6 Å². The second kappa shape index (κ2) is 8.75. The first-order valence-electron chi connectivity index (χ1n) is 9.27. The number of benzene rings is 1. The minimum atomic E-state index is -0.271. The Hall–Kier alpha value is -1.76. The average Bonchev–Trinajstić information content (AvgIpc) is 3.16. The molecule has 0 saturated carbocycles. The molecule has 0 aliphatic carbocycles. The highest BCUT2D eigenvalue weighted by molar-refractivity contribution is 8.00. The number of halogens is 1. The molecule has 7 heteroatoms. The number of hydrogen-bond donors (Lipinski definition) is 2. The molecule has 2 N–H and O–H groups in total. The van der Waals surface area contributed by atoms with Crippen molar-refractivity contribution in [1.82, 2.24) is 15.5 Å². The second-order valence-corrected chi connectivity index (χ2v) is 8.18. The predicted octanol–water partition coefficient (Wildman–Crippen LogP) is 2.90. The molecule has 0 unspecified atom stereocenters. The maximum atomic E-state index is 13.3. The van der Waals surface area contributed by atoms with Crippen LogP contribution in [-0.4, -0.2) is 46.5 Å². The smallest absolute Gasteiger partial charge is 0.315 e. The highest BCUT2D eigenvalue weighted by Gasteiger charge is 2.42. The minimum Gasteiger partial charge on any atom is -0.339 e. The van der Waals surface area contributed by atoms with Gasteiger partial charge in [0.15, 0.2) is 0 Å². The summed E-state index contributed by atoms with van der Waals surface area (Å²) in [5, 5.41) is 6.38. The van der Waals surface area contributed by atoms with E-state index in [1.165, 1.54) is 12.1 Å². The van der Waals surface area contributed by atoms with Gasteiger partial charge >= 0.3 is 6.03 Å². The lowest BCUT2D eigenvalue weighted by Crippen LogP contribution is -2.36. The third kappa shape index (κ3) is 4.69. The molecule has 2 saturated heterocycles. The molecule has 5 nitrogen and oxygen atoms in total. The minimum absolute atomic E-state index is 0.0589. The number of carbonyl (C=O) groups is 2. The Morgan fingerprint density at radius 2 is 2.19 bits per heavy atom. The Balaban J connectivity index is 1.39. The van der Waals surface area contributed by atoms with E-state index in [9.17, 15) is 14.0 Å². The highest BCUT2D eigenvalue weighted by Crippen LogP contribution is 2.33. The number of thioether (sulfide) groups is 1. The Kier molecular flexibility index (Phi) is 6.40. The molecule has 0 aromatic heterocycles. The molecule has 142 valence electrons. The van der Waals surface area contributed by atoms with Crippen LogP contribution in [0, 0.1) is 5.82 Å². The summed E-state index contributed by atoms with van der Waals surface area (Å²) < 4.78 is 13.3. The standard InChI is InChI=1S/C19H26FN3O2S/c1-2-23(11-13-6-5-7-14(20)10-13)17(24)9-4-3-8-16-18-15(12-26-16)21-19(25)22-18/h5-7,10,15-16,18H,2-4,8-9,11-12H2,1H3,(H2,21,22,25)/t15-,16-,18-/m0/s1. The number of amides is 3. The highest BCUT2D eigenvalue weighted by atomic mass is 32.2. The van der Waals surface area contributed by atoms with E-state index in [1.54, 1.807) is 11.0 Å². The largest absolute Gasteiger partial charge is 0.339 e. The van der Waals surface area contributed by atoms with Crippen molar-refractivity contribution in [3.05, 3.63) is 35.6 Å². The van der Waals surface area contributed by atoms with Gasteiger partial charge in [0.2, 0.25) is 5.91 Å². The summed E-state index contributed by atoms with van der Waals surface area (Å²) in [5.74, 6) is 0.806. The van der Waals surface area contributed by atoms with E-state index in [0.717, 1.165) is 30.6 Å². The lowest BCUT2D eigenvalue weighted by atomic mass is 10.0. The summed E-state index contributed by atoms with van der Waals surface area (Å²) in [6.07, 6.45) is 3.34. The van der Waals surface area contributed by atoms with Gasteiger partial charge in [0.25, 0.3) is 0 Å². The molecule has 1 aromatic carbocycles. The fourth-order valence-electron chi connectivity index (χ4n) is 3.65. The predicted molar refractivity (Wildman–Crippen MR) is 101 cm³/mol. The van der Waals surface area contributed by atoms with E-state index >= 15 is 0 Å². The van der Waals surface area contributed by atoms with Gasteiger partial charge in [-0.25, -0.2) is 9.18 Å². The number of hydrogen-bond acceptors (Lipinski definition) is 3. The first-order chi connectivity index (χ1) is 12.6. The number of carbonyl (C=O) groups excluding carboxylic acids is 2. The van der Waals surface area contributed by atoms with Gasteiger partial charge in [-0.15, -0.1) is 0 Å². The van der Waals surface area contributed by atoms with E-state index in [4.69, 9.17) is 0 Å². The van der Waals surface area contributed by atoms with E-state index in [1.807, 2.05) is 24.8 Å². The van der Waals surface area contributed by atoms with Gasteiger partial charge in [0, 0.05) is 30.5 Å². The van der Waals surface area contributed by atoms with Gasteiger partial charge in [-0.1, -0.05) is 18.6 Å². The van der Waals surface area contributed by atoms with Crippen LogP contribution in [0.1, 0.15) is 38.2 Å². The molecule has 0 bridgehead atoms. The van der Waals surface area contributed by atoms with Gasteiger partial charge < -0.3 is 15.5 Å². The molecule has 2 fully saturated rings. The van der Waals surface area contributed by atoms with Crippen LogP contribution >= 0.6 is 11.8 Å². The van der Waals surface area contributed by atoms with Crippen molar-refractivity contribution in [2.75, 3.05) is 12.3 Å². The van der Waals surface area contributed by atoms with Crippen LogP contribution in [0.3, 0.4) is 0 Å². The molecule has 2 aliphatic rings. The van der Waals surface area contributed by atoms with Crippen LogP contribution in [0.2, 0.25) is 0 Å². The third-order valence-corrected chi connectivity index (χ3v) is 6.57. The van der Waals surface area contributed by atoms with Gasteiger partial charge in [0.05, 0.1) is 12.1 Å². The first kappa shape index (κ1) is 19.0. The van der Waals surface area contributed by atoms with Crippen LogP contribution in [0.25, 0.3) is 0 Å². The van der Waals surface area contributed by atoms with Gasteiger partial charge in [-0.05, 0) is 37.5 Å². The number of urea groups is 1.